The van der Waals surface area contributed by atoms with E-state index in [0.29, 0.717) is 0 Å². The van der Waals surface area contributed by atoms with Gasteiger partial charge in [0.2, 0.25) is 0 Å². The van der Waals surface area contributed by atoms with Gasteiger partial charge in [0, 0.05) is 6.20 Å². The first-order chi connectivity index (χ1) is 9.85. The van der Waals surface area contributed by atoms with E-state index in [1.54, 1.807) is 12.7 Å². The molecule has 1 heterocycles. The molecule has 3 heteroatoms. The van der Waals surface area contributed by atoms with Crippen LogP contribution in [0.5, 0.6) is 5.75 Å². The summed E-state index contributed by atoms with van der Waals surface area (Å²) in [5.41, 5.74) is 2.60. The minimum Gasteiger partial charge on any atom is -0.495 e. The molecule has 1 atom stereocenters. The summed E-state index contributed by atoms with van der Waals surface area (Å²) in [4.78, 5) is 4.55. The molecular formula is C17H26N2O. The van der Waals surface area contributed by atoms with Gasteiger partial charge in [0.05, 0.1) is 18.8 Å². The number of nitrogens with zero attached hydrogens (tertiary/aromatic N) is 1. The Bertz CT molecular complexity index is 442. The molecule has 2 rings (SSSR count). The fourth-order valence-corrected chi connectivity index (χ4v) is 2.77. The number of pyridine rings is 1. The molecule has 110 valence electrons. The first-order valence-corrected chi connectivity index (χ1v) is 7.75. The highest BCUT2D eigenvalue weighted by molar-refractivity contribution is 5.30. The molecule has 1 N–H and O–H groups in total. The molecular weight excluding hydrogens is 248 g/mol. The van der Waals surface area contributed by atoms with Crippen molar-refractivity contribution >= 4 is 0 Å². The zero-order valence-corrected chi connectivity index (χ0v) is 12.7. The molecule has 0 amide bonds. The normalized spacial score (nSPS) is 16.6. The Kier molecular flexibility index (Phi) is 6.06. The molecule has 3 nitrogen and oxygen atoms in total. The molecule has 1 aliphatic carbocycles. The highest BCUT2D eigenvalue weighted by Gasteiger charge is 2.19. The Morgan fingerprint density at radius 2 is 2.30 bits per heavy atom. The lowest BCUT2D eigenvalue weighted by molar-refractivity contribution is 0.391. The number of rotatable bonds is 7. The Morgan fingerprint density at radius 3 is 3.00 bits per heavy atom. The van der Waals surface area contributed by atoms with Gasteiger partial charge in [0.25, 0.3) is 0 Å². The fraction of sp³-hybridized carbons (Fsp3) is 0.588. The van der Waals surface area contributed by atoms with Gasteiger partial charge in [-0.2, -0.15) is 0 Å². The zero-order chi connectivity index (χ0) is 14.2. The summed E-state index contributed by atoms with van der Waals surface area (Å²) in [6.07, 6.45) is 11.6. The summed E-state index contributed by atoms with van der Waals surface area (Å²) < 4.78 is 5.47. The molecule has 1 aliphatic rings. The lowest BCUT2D eigenvalue weighted by atomic mass is 9.93. The molecule has 0 fully saturated rings. The number of aromatic nitrogens is 1. The Morgan fingerprint density at radius 1 is 1.40 bits per heavy atom. The highest BCUT2D eigenvalue weighted by Crippen LogP contribution is 2.30. The maximum Gasteiger partial charge on any atom is 0.141 e. The average Bonchev–Trinajstić information content (AvgIpc) is 2.52. The number of allylic oxidation sites excluding steroid dienone is 1. The summed E-state index contributed by atoms with van der Waals surface area (Å²) in [7, 11) is 1.72. The molecule has 1 aromatic rings. The van der Waals surface area contributed by atoms with E-state index in [4.69, 9.17) is 4.74 Å². The Labute approximate surface area is 122 Å². The van der Waals surface area contributed by atoms with Crippen LogP contribution in [0.3, 0.4) is 0 Å². The fourth-order valence-electron chi connectivity index (χ4n) is 2.77. The Hall–Kier alpha value is -1.35. The molecule has 1 aromatic heterocycles. The molecule has 0 radical (unpaired) electrons. The van der Waals surface area contributed by atoms with Gasteiger partial charge >= 0.3 is 0 Å². The first-order valence-electron chi connectivity index (χ1n) is 7.75. The van der Waals surface area contributed by atoms with Gasteiger partial charge in [-0.1, -0.05) is 18.6 Å². The predicted molar refractivity (Wildman–Crippen MR) is 83.0 cm³/mol. The SMILES string of the molecule is CCCNC(CC1=CCCCC1)c1ncccc1OC. The second kappa shape index (κ2) is 8.05. The van der Waals surface area contributed by atoms with Crippen molar-refractivity contribution in [2.24, 2.45) is 0 Å². The lowest BCUT2D eigenvalue weighted by Crippen LogP contribution is -2.24. The van der Waals surface area contributed by atoms with Gasteiger partial charge in [-0.05, 0) is 57.2 Å². The monoisotopic (exact) mass is 274 g/mol. The lowest BCUT2D eigenvalue weighted by Gasteiger charge is -2.23. The van der Waals surface area contributed by atoms with Crippen molar-refractivity contribution in [1.29, 1.82) is 0 Å². The van der Waals surface area contributed by atoms with E-state index in [0.717, 1.165) is 30.8 Å². The smallest absolute Gasteiger partial charge is 0.141 e. The van der Waals surface area contributed by atoms with E-state index in [-0.39, 0.29) is 6.04 Å². The summed E-state index contributed by atoms with van der Waals surface area (Å²) in [5, 5.41) is 3.62. The van der Waals surface area contributed by atoms with Gasteiger partial charge in [0.1, 0.15) is 5.75 Å². The summed E-state index contributed by atoms with van der Waals surface area (Å²) in [5.74, 6) is 0.887. The van der Waals surface area contributed by atoms with Crippen molar-refractivity contribution < 1.29 is 4.74 Å². The van der Waals surface area contributed by atoms with E-state index >= 15 is 0 Å². The number of hydrogen-bond acceptors (Lipinski definition) is 3. The molecule has 0 saturated carbocycles. The van der Waals surface area contributed by atoms with Gasteiger partial charge in [-0.15, -0.1) is 0 Å². The van der Waals surface area contributed by atoms with Gasteiger partial charge < -0.3 is 10.1 Å². The molecule has 0 bridgehead atoms. The molecule has 1 unspecified atom stereocenters. The summed E-state index contributed by atoms with van der Waals surface area (Å²) >= 11 is 0. The third kappa shape index (κ3) is 4.07. The van der Waals surface area contributed by atoms with Crippen molar-refractivity contribution in [3.63, 3.8) is 0 Å². The maximum absolute atomic E-state index is 5.47. The molecule has 20 heavy (non-hydrogen) atoms. The van der Waals surface area contributed by atoms with Crippen LogP contribution < -0.4 is 10.1 Å². The third-order valence-corrected chi connectivity index (χ3v) is 3.84. The van der Waals surface area contributed by atoms with Crippen LogP contribution in [0.15, 0.2) is 30.0 Å². The van der Waals surface area contributed by atoms with Crippen LogP contribution in [-0.4, -0.2) is 18.6 Å². The second-order valence-corrected chi connectivity index (χ2v) is 5.41. The zero-order valence-electron chi connectivity index (χ0n) is 12.7. The largest absolute Gasteiger partial charge is 0.495 e. The number of hydrogen-bond donors (Lipinski definition) is 1. The van der Waals surface area contributed by atoms with E-state index < -0.39 is 0 Å². The van der Waals surface area contributed by atoms with E-state index in [2.05, 4.69) is 23.3 Å². The van der Waals surface area contributed by atoms with E-state index in [1.165, 1.54) is 25.7 Å². The van der Waals surface area contributed by atoms with Crippen molar-refractivity contribution in [1.82, 2.24) is 10.3 Å². The van der Waals surface area contributed by atoms with Crippen LogP contribution in [0.2, 0.25) is 0 Å². The maximum atomic E-state index is 5.47. The quantitative estimate of drug-likeness (QED) is 0.762. The third-order valence-electron chi connectivity index (χ3n) is 3.84. The van der Waals surface area contributed by atoms with Crippen LogP contribution in [0, 0.1) is 0 Å². The van der Waals surface area contributed by atoms with Crippen molar-refractivity contribution in [2.45, 2.75) is 51.5 Å². The van der Waals surface area contributed by atoms with Gasteiger partial charge in [0.15, 0.2) is 0 Å². The Balaban J connectivity index is 2.15. The second-order valence-electron chi connectivity index (χ2n) is 5.41. The van der Waals surface area contributed by atoms with Crippen LogP contribution in [0.25, 0.3) is 0 Å². The summed E-state index contributed by atoms with van der Waals surface area (Å²) in [6.45, 7) is 3.21. The van der Waals surface area contributed by atoms with E-state index in [1.807, 2.05) is 18.3 Å². The van der Waals surface area contributed by atoms with E-state index in [9.17, 15) is 0 Å². The van der Waals surface area contributed by atoms with Crippen LogP contribution >= 0.6 is 0 Å². The molecule has 0 aromatic carbocycles. The van der Waals surface area contributed by atoms with Crippen LogP contribution in [-0.2, 0) is 0 Å². The number of nitrogens with one attached hydrogen (secondary N) is 1. The van der Waals surface area contributed by atoms with Gasteiger partial charge in [-0.25, -0.2) is 0 Å². The number of methoxy groups -OCH3 is 1. The first kappa shape index (κ1) is 15.0. The topological polar surface area (TPSA) is 34.2 Å². The minimum atomic E-state index is 0.260. The summed E-state index contributed by atoms with van der Waals surface area (Å²) in [6, 6.07) is 4.19. The predicted octanol–water partition coefficient (Wildman–Crippen LogP) is 4.02. The molecule has 0 spiro atoms. The molecule has 0 aliphatic heterocycles. The highest BCUT2D eigenvalue weighted by atomic mass is 16.5. The van der Waals surface area contributed by atoms with Crippen LogP contribution in [0.1, 0.15) is 57.2 Å². The van der Waals surface area contributed by atoms with Crippen molar-refractivity contribution in [3.8, 4) is 5.75 Å². The van der Waals surface area contributed by atoms with Crippen molar-refractivity contribution in [2.75, 3.05) is 13.7 Å². The number of ether oxygens (including phenoxy) is 1. The molecule has 0 saturated heterocycles. The standard InChI is InChI=1S/C17H26N2O/c1-3-11-18-15(13-14-8-5-4-6-9-14)17-16(20-2)10-7-12-19-17/h7-8,10,12,15,18H,3-6,9,11,13H2,1-2H3. The van der Waals surface area contributed by atoms with Crippen molar-refractivity contribution in [3.05, 3.63) is 35.7 Å². The minimum absolute atomic E-state index is 0.260. The van der Waals surface area contributed by atoms with Gasteiger partial charge in [-0.3, -0.25) is 4.98 Å². The van der Waals surface area contributed by atoms with Crippen LogP contribution in [0.4, 0.5) is 0 Å². The average molecular weight is 274 g/mol.